The van der Waals surface area contributed by atoms with Crippen molar-refractivity contribution in [1.82, 2.24) is 10.2 Å². The summed E-state index contributed by atoms with van der Waals surface area (Å²) in [5.74, 6) is -0.245. The van der Waals surface area contributed by atoms with Crippen molar-refractivity contribution in [3.63, 3.8) is 0 Å². The summed E-state index contributed by atoms with van der Waals surface area (Å²) in [5, 5.41) is 2.87. The van der Waals surface area contributed by atoms with E-state index in [-0.39, 0.29) is 36.2 Å². The van der Waals surface area contributed by atoms with E-state index in [0.29, 0.717) is 18.7 Å². The van der Waals surface area contributed by atoms with E-state index < -0.39 is 6.04 Å². The minimum absolute atomic E-state index is 0.0283. The molecule has 2 aromatic carbocycles. The van der Waals surface area contributed by atoms with Gasteiger partial charge in [-0.3, -0.25) is 9.59 Å². The average molecular weight is 443 g/mol. The van der Waals surface area contributed by atoms with Crippen LogP contribution in [0.1, 0.15) is 58.6 Å². The van der Waals surface area contributed by atoms with Crippen LogP contribution in [0, 0.1) is 5.82 Å². The number of hydrogen-bond acceptors (Lipinski definition) is 3. The normalized spacial score (nSPS) is 12.2. The van der Waals surface area contributed by atoms with Crippen LogP contribution < -0.4 is 10.1 Å². The van der Waals surface area contributed by atoms with Crippen LogP contribution in [0.4, 0.5) is 4.39 Å². The van der Waals surface area contributed by atoms with Gasteiger partial charge >= 0.3 is 0 Å². The maximum atomic E-state index is 13.3. The zero-order valence-electron chi connectivity index (χ0n) is 19.8. The highest BCUT2D eigenvalue weighted by molar-refractivity contribution is 5.88. The summed E-state index contributed by atoms with van der Waals surface area (Å²) in [6.07, 6.45) is 1.27. The molecule has 2 amide bonds. The predicted molar refractivity (Wildman–Crippen MR) is 125 cm³/mol. The molecule has 6 heteroatoms. The fourth-order valence-corrected chi connectivity index (χ4v) is 3.35. The van der Waals surface area contributed by atoms with Crippen molar-refractivity contribution < 1.29 is 18.7 Å². The maximum Gasteiger partial charge on any atom is 0.261 e. The third-order valence-electron chi connectivity index (χ3n) is 5.28. The monoisotopic (exact) mass is 442 g/mol. The number of rotatable bonds is 10. The molecule has 0 saturated carbocycles. The fraction of sp³-hybridized carbons (Fsp3) is 0.462. The van der Waals surface area contributed by atoms with Gasteiger partial charge < -0.3 is 15.0 Å². The fourth-order valence-electron chi connectivity index (χ4n) is 3.35. The van der Waals surface area contributed by atoms with Crippen LogP contribution in [0.25, 0.3) is 0 Å². The molecule has 0 aromatic heterocycles. The van der Waals surface area contributed by atoms with Crippen LogP contribution in [0.3, 0.4) is 0 Å². The second kappa shape index (κ2) is 11.7. The SMILES string of the molecule is CCCNC(=O)[C@@H](CC)N(Cc1ccc(F)cc1)C(=O)COc1ccc(C(C)(C)C)cc1. The molecule has 0 aliphatic heterocycles. The standard InChI is InChI=1S/C26H35FN2O3/c1-6-16-28-25(31)23(7-2)29(17-19-8-12-21(27)13-9-19)24(30)18-32-22-14-10-20(11-15-22)26(3,4)5/h8-15,23H,6-7,16-18H2,1-5H3,(H,28,31)/t23-/m1/s1. The molecule has 0 unspecified atom stereocenters. The van der Waals surface area contributed by atoms with Crippen molar-refractivity contribution in [3.05, 3.63) is 65.5 Å². The number of hydrogen-bond donors (Lipinski definition) is 1. The number of amides is 2. The number of carbonyl (C=O) groups excluding carboxylic acids is 2. The molecule has 2 rings (SSSR count). The Labute approximate surface area is 191 Å². The first-order valence-electron chi connectivity index (χ1n) is 11.2. The number of carbonyl (C=O) groups is 2. The van der Waals surface area contributed by atoms with Gasteiger partial charge in [-0.1, -0.05) is 58.9 Å². The lowest BCUT2D eigenvalue weighted by atomic mass is 9.87. The van der Waals surface area contributed by atoms with Crippen molar-refractivity contribution in [2.75, 3.05) is 13.2 Å². The lowest BCUT2D eigenvalue weighted by Gasteiger charge is -2.30. The molecule has 2 aromatic rings. The van der Waals surface area contributed by atoms with Gasteiger partial charge in [0.2, 0.25) is 5.91 Å². The van der Waals surface area contributed by atoms with Gasteiger partial charge in [-0.15, -0.1) is 0 Å². The molecule has 0 saturated heterocycles. The minimum atomic E-state index is -0.633. The largest absolute Gasteiger partial charge is 0.484 e. The number of nitrogens with one attached hydrogen (secondary N) is 1. The van der Waals surface area contributed by atoms with E-state index in [4.69, 9.17) is 4.74 Å². The predicted octanol–water partition coefficient (Wildman–Crippen LogP) is 4.84. The molecule has 0 bridgehead atoms. The Balaban J connectivity index is 2.16. The zero-order valence-corrected chi connectivity index (χ0v) is 19.8. The van der Waals surface area contributed by atoms with Gasteiger partial charge in [-0.2, -0.15) is 0 Å². The molecule has 1 atom stereocenters. The summed E-state index contributed by atoms with van der Waals surface area (Å²) in [5.41, 5.74) is 1.95. The van der Waals surface area contributed by atoms with Gasteiger partial charge in [-0.25, -0.2) is 4.39 Å². The lowest BCUT2D eigenvalue weighted by molar-refractivity contribution is -0.143. The molecule has 32 heavy (non-hydrogen) atoms. The summed E-state index contributed by atoms with van der Waals surface area (Å²) in [7, 11) is 0. The highest BCUT2D eigenvalue weighted by atomic mass is 19.1. The summed E-state index contributed by atoms with van der Waals surface area (Å²) < 4.78 is 19.1. The number of benzene rings is 2. The first kappa shape index (κ1) is 25.4. The highest BCUT2D eigenvalue weighted by Gasteiger charge is 2.28. The molecular weight excluding hydrogens is 407 g/mol. The van der Waals surface area contributed by atoms with Crippen LogP contribution in [-0.2, 0) is 21.5 Å². The molecular formula is C26H35FN2O3. The second-order valence-electron chi connectivity index (χ2n) is 8.93. The van der Waals surface area contributed by atoms with Crippen molar-refractivity contribution in [3.8, 4) is 5.75 Å². The summed E-state index contributed by atoms with van der Waals surface area (Å²) >= 11 is 0. The molecule has 0 radical (unpaired) electrons. The van der Waals surface area contributed by atoms with E-state index in [2.05, 4.69) is 26.1 Å². The third kappa shape index (κ3) is 7.36. The van der Waals surface area contributed by atoms with Crippen LogP contribution in [0.5, 0.6) is 5.75 Å². The van der Waals surface area contributed by atoms with E-state index in [1.165, 1.54) is 22.6 Å². The molecule has 0 aliphatic rings. The van der Waals surface area contributed by atoms with Crippen LogP contribution in [-0.4, -0.2) is 35.9 Å². The van der Waals surface area contributed by atoms with E-state index in [0.717, 1.165) is 12.0 Å². The Morgan fingerprint density at radius 2 is 1.66 bits per heavy atom. The van der Waals surface area contributed by atoms with Gasteiger partial charge in [-0.05, 0) is 53.6 Å². The van der Waals surface area contributed by atoms with Crippen LogP contribution in [0.2, 0.25) is 0 Å². The molecule has 0 heterocycles. The first-order chi connectivity index (χ1) is 15.2. The number of ether oxygens (including phenoxy) is 1. The van der Waals surface area contributed by atoms with E-state index in [1.807, 2.05) is 38.1 Å². The molecule has 174 valence electrons. The Kier molecular flexibility index (Phi) is 9.24. The van der Waals surface area contributed by atoms with Gasteiger partial charge in [0.15, 0.2) is 6.61 Å². The Hall–Kier alpha value is -2.89. The van der Waals surface area contributed by atoms with Crippen molar-refractivity contribution >= 4 is 11.8 Å². The van der Waals surface area contributed by atoms with Crippen molar-refractivity contribution in [1.29, 1.82) is 0 Å². The van der Waals surface area contributed by atoms with Crippen molar-refractivity contribution in [2.24, 2.45) is 0 Å². The van der Waals surface area contributed by atoms with Crippen molar-refractivity contribution in [2.45, 2.75) is 65.5 Å². The number of halogens is 1. The Morgan fingerprint density at radius 3 is 2.19 bits per heavy atom. The zero-order chi connectivity index (χ0) is 23.7. The molecule has 1 N–H and O–H groups in total. The quantitative estimate of drug-likeness (QED) is 0.573. The molecule has 0 aliphatic carbocycles. The molecule has 0 fully saturated rings. The van der Waals surface area contributed by atoms with Gasteiger partial charge in [0, 0.05) is 13.1 Å². The van der Waals surface area contributed by atoms with Gasteiger partial charge in [0.05, 0.1) is 0 Å². The summed E-state index contributed by atoms with van der Waals surface area (Å²) in [6, 6.07) is 13.0. The van der Waals surface area contributed by atoms with E-state index in [1.54, 1.807) is 12.1 Å². The average Bonchev–Trinajstić information content (AvgIpc) is 2.76. The maximum absolute atomic E-state index is 13.3. The second-order valence-corrected chi connectivity index (χ2v) is 8.93. The summed E-state index contributed by atoms with van der Waals surface area (Å²) in [6.45, 7) is 10.8. The smallest absolute Gasteiger partial charge is 0.261 e. The summed E-state index contributed by atoms with van der Waals surface area (Å²) in [4.78, 5) is 27.4. The minimum Gasteiger partial charge on any atom is -0.484 e. The highest BCUT2D eigenvalue weighted by Crippen LogP contribution is 2.24. The van der Waals surface area contributed by atoms with Gasteiger partial charge in [0.25, 0.3) is 5.91 Å². The lowest BCUT2D eigenvalue weighted by Crippen LogP contribution is -2.50. The number of nitrogens with zero attached hydrogens (tertiary/aromatic N) is 1. The first-order valence-corrected chi connectivity index (χ1v) is 11.2. The molecule has 5 nitrogen and oxygen atoms in total. The van der Waals surface area contributed by atoms with Crippen LogP contribution in [0.15, 0.2) is 48.5 Å². The topological polar surface area (TPSA) is 58.6 Å². The third-order valence-corrected chi connectivity index (χ3v) is 5.28. The van der Waals surface area contributed by atoms with Gasteiger partial charge in [0.1, 0.15) is 17.6 Å². The van der Waals surface area contributed by atoms with Crippen LogP contribution >= 0.6 is 0 Å². The van der Waals surface area contributed by atoms with E-state index in [9.17, 15) is 14.0 Å². The Morgan fingerprint density at radius 1 is 1.03 bits per heavy atom. The Bertz CT molecular complexity index is 873. The van der Waals surface area contributed by atoms with E-state index >= 15 is 0 Å². The molecule has 0 spiro atoms.